The Morgan fingerprint density at radius 3 is 2.88 bits per heavy atom. The molecule has 0 unspecified atom stereocenters. The molecule has 0 spiro atoms. The van der Waals surface area contributed by atoms with Gasteiger partial charge in [0.2, 0.25) is 0 Å². The van der Waals surface area contributed by atoms with Crippen molar-refractivity contribution >= 4 is 41.3 Å². The summed E-state index contributed by atoms with van der Waals surface area (Å²) in [6, 6.07) is 0.616. The number of rotatable bonds is 4. The Hall–Kier alpha value is -0.370. The van der Waals surface area contributed by atoms with E-state index in [1.165, 1.54) is 17.8 Å². The molecule has 1 aliphatic carbocycles. The van der Waals surface area contributed by atoms with Crippen molar-refractivity contribution in [3.8, 4) is 0 Å². The minimum atomic E-state index is 0. The first-order chi connectivity index (χ1) is 7.70. The lowest BCUT2D eigenvalue weighted by Crippen LogP contribution is -2.35. The molecule has 0 aromatic carbocycles. The average Bonchev–Trinajstić information content (AvgIpc) is 3.04. The van der Waals surface area contributed by atoms with Crippen LogP contribution in [0.3, 0.4) is 0 Å². The largest absolute Gasteiger partial charge is 0.370 e. The zero-order valence-electron chi connectivity index (χ0n) is 10.2. The van der Waals surface area contributed by atoms with Crippen LogP contribution in [0, 0.1) is 0 Å². The van der Waals surface area contributed by atoms with E-state index in [0.717, 1.165) is 12.1 Å². The van der Waals surface area contributed by atoms with Gasteiger partial charge in [0.25, 0.3) is 0 Å². The van der Waals surface area contributed by atoms with Crippen LogP contribution in [0.4, 0.5) is 0 Å². The molecule has 0 bridgehead atoms. The Morgan fingerprint density at radius 2 is 2.35 bits per heavy atom. The minimum Gasteiger partial charge on any atom is -0.370 e. The zero-order valence-corrected chi connectivity index (χ0v) is 13.4. The van der Waals surface area contributed by atoms with Gasteiger partial charge in [-0.3, -0.25) is 0 Å². The first kappa shape index (κ1) is 14.7. The number of guanidine groups is 1. The molecular weight excluding hydrogens is 347 g/mol. The Bertz CT molecular complexity index is 387. The van der Waals surface area contributed by atoms with Gasteiger partial charge >= 0.3 is 0 Å². The highest BCUT2D eigenvalue weighted by atomic mass is 127. The summed E-state index contributed by atoms with van der Waals surface area (Å²) in [6.45, 7) is 2.71. The van der Waals surface area contributed by atoms with Gasteiger partial charge in [0, 0.05) is 18.5 Å². The predicted molar refractivity (Wildman–Crippen MR) is 83.0 cm³/mol. The van der Waals surface area contributed by atoms with E-state index in [9.17, 15) is 0 Å². The van der Waals surface area contributed by atoms with Crippen LogP contribution in [0.2, 0.25) is 0 Å². The summed E-state index contributed by atoms with van der Waals surface area (Å²) >= 11 is 1.69. The Labute approximate surface area is 123 Å². The third kappa shape index (κ3) is 4.09. The number of aromatic nitrogens is 1. The standard InChI is InChI=1S/C11H18N4S.HI/c1-3-10-14-8(7-16-10)6-13-11(12)15(2)9-4-5-9;/h7,9H,3-6H2,1-2H3,(H2,12,13);1H. The van der Waals surface area contributed by atoms with Crippen molar-refractivity contribution in [2.45, 2.75) is 38.8 Å². The van der Waals surface area contributed by atoms with Gasteiger partial charge in [0.05, 0.1) is 17.2 Å². The van der Waals surface area contributed by atoms with Crippen LogP contribution in [0.1, 0.15) is 30.5 Å². The van der Waals surface area contributed by atoms with Gasteiger partial charge in [0.1, 0.15) is 0 Å². The lowest BCUT2D eigenvalue weighted by atomic mass is 10.4. The van der Waals surface area contributed by atoms with Gasteiger partial charge in [-0.2, -0.15) is 0 Å². The molecule has 2 rings (SSSR count). The van der Waals surface area contributed by atoms with Gasteiger partial charge in [0.15, 0.2) is 5.96 Å². The molecule has 0 radical (unpaired) electrons. The van der Waals surface area contributed by atoms with E-state index < -0.39 is 0 Å². The van der Waals surface area contributed by atoms with E-state index >= 15 is 0 Å². The molecular formula is C11H19IN4S. The Kier molecular flexibility index (Phi) is 5.64. The average molecular weight is 366 g/mol. The summed E-state index contributed by atoms with van der Waals surface area (Å²) in [5, 5.41) is 3.23. The fourth-order valence-corrected chi connectivity index (χ4v) is 2.24. The van der Waals surface area contributed by atoms with Crippen LogP contribution >= 0.6 is 35.3 Å². The van der Waals surface area contributed by atoms with Crippen molar-refractivity contribution < 1.29 is 0 Å². The van der Waals surface area contributed by atoms with Gasteiger partial charge < -0.3 is 10.6 Å². The van der Waals surface area contributed by atoms with Crippen LogP contribution < -0.4 is 5.73 Å². The fraction of sp³-hybridized carbons (Fsp3) is 0.636. The molecule has 1 aromatic rings. The number of nitrogens with zero attached hydrogens (tertiary/aromatic N) is 3. The van der Waals surface area contributed by atoms with Crippen LogP contribution in [-0.4, -0.2) is 28.9 Å². The number of nitrogens with two attached hydrogens (primary N) is 1. The van der Waals surface area contributed by atoms with Crippen molar-refractivity contribution in [1.82, 2.24) is 9.88 Å². The molecule has 0 saturated heterocycles. The van der Waals surface area contributed by atoms with Gasteiger partial charge in [-0.25, -0.2) is 9.98 Å². The third-order valence-electron chi connectivity index (χ3n) is 2.76. The number of aliphatic imine (C=N–C) groups is 1. The molecule has 1 aromatic heterocycles. The number of halogens is 1. The monoisotopic (exact) mass is 366 g/mol. The second kappa shape index (κ2) is 6.53. The second-order valence-electron chi connectivity index (χ2n) is 4.10. The van der Waals surface area contributed by atoms with Crippen molar-refractivity contribution in [2.24, 2.45) is 10.7 Å². The van der Waals surface area contributed by atoms with E-state index in [-0.39, 0.29) is 24.0 Å². The lowest BCUT2D eigenvalue weighted by molar-refractivity contribution is 0.487. The van der Waals surface area contributed by atoms with E-state index in [1.807, 2.05) is 7.05 Å². The maximum Gasteiger partial charge on any atom is 0.191 e. The molecule has 6 heteroatoms. The van der Waals surface area contributed by atoms with Gasteiger partial charge in [-0.05, 0) is 19.3 Å². The Morgan fingerprint density at radius 1 is 1.65 bits per heavy atom. The summed E-state index contributed by atoms with van der Waals surface area (Å²) in [5.41, 5.74) is 6.92. The van der Waals surface area contributed by atoms with Crippen LogP contribution in [-0.2, 0) is 13.0 Å². The van der Waals surface area contributed by atoms with E-state index in [4.69, 9.17) is 5.73 Å². The second-order valence-corrected chi connectivity index (χ2v) is 5.05. The van der Waals surface area contributed by atoms with Gasteiger partial charge in [-0.1, -0.05) is 6.92 Å². The number of hydrogen-bond acceptors (Lipinski definition) is 3. The molecule has 1 aliphatic rings. The van der Waals surface area contributed by atoms with Crippen molar-refractivity contribution in [3.05, 3.63) is 16.1 Å². The minimum absolute atomic E-state index is 0. The van der Waals surface area contributed by atoms with Crippen molar-refractivity contribution in [1.29, 1.82) is 0 Å². The lowest BCUT2D eigenvalue weighted by Gasteiger charge is -2.16. The van der Waals surface area contributed by atoms with E-state index in [0.29, 0.717) is 18.5 Å². The fourth-order valence-electron chi connectivity index (χ4n) is 1.51. The van der Waals surface area contributed by atoms with Gasteiger partial charge in [-0.15, -0.1) is 35.3 Å². The van der Waals surface area contributed by atoms with Crippen molar-refractivity contribution in [2.75, 3.05) is 7.05 Å². The highest BCUT2D eigenvalue weighted by molar-refractivity contribution is 14.0. The highest BCUT2D eigenvalue weighted by Crippen LogP contribution is 2.24. The summed E-state index contributed by atoms with van der Waals surface area (Å²) in [7, 11) is 2.01. The molecule has 2 N–H and O–H groups in total. The quantitative estimate of drug-likeness (QED) is 0.505. The molecule has 1 heterocycles. The number of hydrogen-bond donors (Lipinski definition) is 1. The Balaban J connectivity index is 0.00000144. The highest BCUT2D eigenvalue weighted by Gasteiger charge is 2.27. The molecule has 1 fully saturated rings. The zero-order chi connectivity index (χ0) is 11.5. The number of aryl methyl sites for hydroxylation is 1. The number of thiazole rings is 1. The first-order valence-electron chi connectivity index (χ1n) is 5.66. The molecule has 4 nitrogen and oxygen atoms in total. The predicted octanol–water partition coefficient (Wildman–Crippen LogP) is 2.23. The summed E-state index contributed by atoms with van der Waals surface area (Å²) in [4.78, 5) is 10.9. The first-order valence-corrected chi connectivity index (χ1v) is 6.54. The SMILES string of the molecule is CCc1nc(CN=C(N)N(C)C2CC2)cs1.I. The molecule has 0 aliphatic heterocycles. The van der Waals surface area contributed by atoms with Crippen LogP contribution in [0.15, 0.2) is 10.4 Å². The van der Waals surface area contributed by atoms with E-state index in [2.05, 4.69) is 27.2 Å². The molecule has 0 atom stereocenters. The van der Waals surface area contributed by atoms with Crippen LogP contribution in [0.25, 0.3) is 0 Å². The summed E-state index contributed by atoms with van der Waals surface area (Å²) < 4.78 is 0. The normalized spacial score (nSPS) is 15.5. The molecule has 96 valence electrons. The smallest absolute Gasteiger partial charge is 0.191 e. The topological polar surface area (TPSA) is 54.5 Å². The molecule has 17 heavy (non-hydrogen) atoms. The van der Waals surface area contributed by atoms with Crippen LogP contribution in [0.5, 0.6) is 0 Å². The summed E-state index contributed by atoms with van der Waals surface area (Å²) in [5.74, 6) is 0.633. The third-order valence-corrected chi connectivity index (χ3v) is 3.80. The molecule has 0 amide bonds. The summed E-state index contributed by atoms with van der Waals surface area (Å²) in [6.07, 6.45) is 3.47. The maximum atomic E-state index is 5.90. The van der Waals surface area contributed by atoms with Crippen molar-refractivity contribution in [3.63, 3.8) is 0 Å². The maximum absolute atomic E-state index is 5.90. The molecule has 1 saturated carbocycles. The van der Waals surface area contributed by atoms with E-state index in [1.54, 1.807) is 11.3 Å².